The van der Waals surface area contributed by atoms with Crippen LogP contribution in [0.15, 0.2) is 59.2 Å². The number of aryl methyl sites for hydroxylation is 1. The number of carbonyl (C=O) groups is 1. The molecular weight excluding hydrogens is 345 g/mol. The van der Waals surface area contributed by atoms with Gasteiger partial charge in [0.05, 0.1) is 10.0 Å². The lowest BCUT2D eigenvalue weighted by atomic mass is 10.1. The largest absolute Gasteiger partial charge is 0.403 e. The van der Waals surface area contributed by atoms with E-state index in [-0.39, 0.29) is 11.6 Å². The summed E-state index contributed by atoms with van der Waals surface area (Å²) in [6, 6.07) is 13.1. The molecule has 0 fully saturated rings. The summed E-state index contributed by atoms with van der Waals surface area (Å²) in [7, 11) is 0. The number of hydrogen-bond acceptors (Lipinski definition) is 3. The first-order valence-electron chi connectivity index (χ1n) is 7.24. The van der Waals surface area contributed by atoms with E-state index in [0.29, 0.717) is 10.0 Å². The maximum absolute atomic E-state index is 11.9. The van der Waals surface area contributed by atoms with Gasteiger partial charge in [0.1, 0.15) is 0 Å². The van der Waals surface area contributed by atoms with Crippen molar-refractivity contribution in [1.82, 2.24) is 0 Å². The van der Waals surface area contributed by atoms with Crippen LogP contribution in [0.25, 0.3) is 12.2 Å². The van der Waals surface area contributed by atoms with Crippen LogP contribution in [0.2, 0.25) is 10.0 Å². The smallest absolute Gasteiger partial charge is 0.363 e. The number of carbonyl (C=O) groups excluding carboxylic acids is 1. The average Bonchev–Trinajstić information content (AvgIpc) is 2.91. The summed E-state index contributed by atoms with van der Waals surface area (Å²) in [4.78, 5) is 16.1. The van der Waals surface area contributed by atoms with Crippen molar-refractivity contribution >= 4 is 47.2 Å². The summed E-state index contributed by atoms with van der Waals surface area (Å²) in [5.41, 5.74) is 3.02. The minimum absolute atomic E-state index is 0.217. The molecule has 3 rings (SSSR count). The molecule has 0 aliphatic carbocycles. The maximum Gasteiger partial charge on any atom is 0.363 e. The Morgan fingerprint density at radius 3 is 2.54 bits per heavy atom. The van der Waals surface area contributed by atoms with E-state index < -0.39 is 5.97 Å². The zero-order valence-corrected chi connectivity index (χ0v) is 14.3. The number of nitrogens with zero attached hydrogens (tertiary/aromatic N) is 1. The van der Waals surface area contributed by atoms with Crippen LogP contribution >= 0.6 is 23.2 Å². The van der Waals surface area contributed by atoms with Crippen LogP contribution in [0.3, 0.4) is 0 Å². The van der Waals surface area contributed by atoms with E-state index in [4.69, 9.17) is 27.9 Å². The topological polar surface area (TPSA) is 38.7 Å². The van der Waals surface area contributed by atoms with E-state index in [2.05, 4.69) is 4.99 Å². The molecule has 0 bridgehead atoms. The van der Waals surface area contributed by atoms with Gasteiger partial charge in [0.25, 0.3) is 0 Å². The van der Waals surface area contributed by atoms with Crippen LogP contribution in [0.5, 0.6) is 0 Å². The van der Waals surface area contributed by atoms with Gasteiger partial charge in [-0.1, -0.05) is 65.2 Å². The fourth-order valence-corrected chi connectivity index (χ4v) is 2.50. The van der Waals surface area contributed by atoms with Gasteiger partial charge in [-0.25, -0.2) is 9.79 Å². The van der Waals surface area contributed by atoms with Crippen LogP contribution in [-0.4, -0.2) is 11.9 Å². The van der Waals surface area contributed by atoms with Crippen molar-refractivity contribution in [3.8, 4) is 0 Å². The molecule has 2 aromatic rings. The highest BCUT2D eigenvalue weighted by Crippen LogP contribution is 2.26. The fraction of sp³-hybridized carbons (Fsp3) is 0.0526. The lowest BCUT2D eigenvalue weighted by Gasteiger charge is -1.99. The lowest BCUT2D eigenvalue weighted by Crippen LogP contribution is -2.01. The molecule has 0 radical (unpaired) electrons. The van der Waals surface area contributed by atoms with Crippen LogP contribution in [0.1, 0.15) is 16.7 Å². The van der Waals surface area contributed by atoms with Crippen LogP contribution < -0.4 is 0 Å². The molecule has 0 amide bonds. The molecule has 120 valence electrons. The first kappa shape index (κ1) is 16.5. The summed E-state index contributed by atoms with van der Waals surface area (Å²) in [6.45, 7) is 2.00. The number of ether oxygens (including phenoxy) is 1. The fourth-order valence-electron chi connectivity index (χ4n) is 2.13. The van der Waals surface area contributed by atoms with Gasteiger partial charge in [-0.15, -0.1) is 0 Å². The van der Waals surface area contributed by atoms with Crippen LogP contribution in [0, 0.1) is 6.92 Å². The zero-order chi connectivity index (χ0) is 17.1. The number of benzene rings is 2. The molecule has 1 aliphatic heterocycles. The molecular formula is C19H13Cl2NO2. The number of esters is 1. The minimum Gasteiger partial charge on any atom is -0.403 e. The Morgan fingerprint density at radius 2 is 1.79 bits per heavy atom. The van der Waals surface area contributed by atoms with Crippen molar-refractivity contribution in [3.05, 3.63) is 81.0 Å². The molecule has 1 aliphatic rings. The number of aliphatic imine (C=N–C) groups is 1. The molecule has 0 saturated carbocycles. The van der Waals surface area contributed by atoms with E-state index in [9.17, 15) is 4.79 Å². The molecule has 0 spiro atoms. The third-order valence-electron chi connectivity index (χ3n) is 3.40. The molecule has 0 unspecified atom stereocenters. The van der Waals surface area contributed by atoms with E-state index in [0.717, 1.165) is 16.7 Å². The summed E-state index contributed by atoms with van der Waals surface area (Å²) < 4.78 is 5.14. The van der Waals surface area contributed by atoms with Crippen molar-refractivity contribution in [2.24, 2.45) is 4.99 Å². The van der Waals surface area contributed by atoms with Crippen molar-refractivity contribution in [1.29, 1.82) is 0 Å². The first-order valence-corrected chi connectivity index (χ1v) is 8.00. The second kappa shape index (κ2) is 7.04. The highest BCUT2D eigenvalue weighted by Gasteiger charge is 2.21. The predicted octanol–water partition coefficient (Wildman–Crippen LogP) is 5.31. The molecule has 1 heterocycles. The second-order valence-corrected chi connectivity index (χ2v) is 6.04. The summed E-state index contributed by atoms with van der Waals surface area (Å²) in [6.07, 6.45) is 4.98. The van der Waals surface area contributed by atoms with Gasteiger partial charge >= 0.3 is 5.97 Å². The summed E-state index contributed by atoms with van der Waals surface area (Å²) in [5, 5.41) is 0.903. The van der Waals surface area contributed by atoms with Crippen LogP contribution in [-0.2, 0) is 9.53 Å². The first-order chi connectivity index (χ1) is 11.5. The van der Waals surface area contributed by atoms with E-state index in [1.54, 1.807) is 30.4 Å². The summed E-state index contributed by atoms with van der Waals surface area (Å²) >= 11 is 12.1. The van der Waals surface area contributed by atoms with Gasteiger partial charge < -0.3 is 4.74 Å². The average molecular weight is 358 g/mol. The maximum atomic E-state index is 11.9. The van der Waals surface area contributed by atoms with Crippen molar-refractivity contribution in [3.63, 3.8) is 0 Å². The van der Waals surface area contributed by atoms with Gasteiger partial charge in [-0.05, 0) is 36.3 Å². The molecule has 0 saturated heterocycles. The molecule has 2 aromatic carbocycles. The third-order valence-corrected chi connectivity index (χ3v) is 4.24. The molecule has 24 heavy (non-hydrogen) atoms. The highest BCUT2D eigenvalue weighted by atomic mass is 35.5. The highest BCUT2D eigenvalue weighted by molar-refractivity contribution is 6.42. The number of halogens is 2. The normalized spacial score (nSPS) is 15.9. The summed E-state index contributed by atoms with van der Waals surface area (Å²) in [5.74, 6) is -0.262. The van der Waals surface area contributed by atoms with Crippen molar-refractivity contribution in [2.45, 2.75) is 6.92 Å². The Morgan fingerprint density at radius 1 is 1.04 bits per heavy atom. The second-order valence-electron chi connectivity index (χ2n) is 5.26. The number of hydrogen-bond donors (Lipinski definition) is 0. The Kier molecular flexibility index (Phi) is 4.84. The Labute approximate surface area is 149 Å². The predicted molar refractivity (Wildman–Crippen MR) is 98.2 cm³/mol. The molecule has 0 aromatic heterocycles. The molecule has 3 nitrogen and oxygen atoms in total. The van der Waals surface area contributed by atoms with Crippen molar-refractivity contribution < 1.29 is 9.53 Å². The Hall–Kier alpha value is -2.36. The van der Waals surface area contributed by atoms with Gasteiger partial charge in [-0.2, -0.15) is 0 Å². The molecule has 0 N–H and O–H groups in total. The standard InChI is InChI=1S/C19H13Cl2NO2/c1-12-5-7-13(8-6-12)11-16-19(23)24-17(22-16)10-9-14-3-2-4-15(20)18(14)21/h2-11H,1H3. The number of cyclic esters (lactones) is 1. The third kappa shape index (κ3) is 3.75. The van der Waals surface area contributed by atoms with E-state index in [1.165, 1.54) is 0 Å². The van der Waals surface area contributed by atoms with E-state index >= 15 is 0 Å². The Balaban J connectivity index is 1.82. The van der Waals surface area contributed by atoms with Crippen LogP contribution in [0.4, 0.5) is 0 Å². The monoisotopic (exact) mass is 357 g/mol. The molecule has 5 heteroatoms. The van der Waals surface area contributed by atoms with Gasteiger partial charge in [0, 0.05) is 6.08 Å². The quantitative estimate of drug-likeness (QED) is 0.551. The van der Waals surface area contributed by atoms with E-state index in [1.807, 2.05) is 37.3 Å². The zero-order valence-electron chi connectivity index (χ0n) is 12.8. The number of rotatable bonds is 3. The lowest BCUT2D eigenvalue weighted by molar-refractivity contribution is -0.129. The Bertz CT molecular complexity index is 881. The SMILES string of the molecule is Cc1ccc(C=C2N=C(C=Cc3cccc(Cl)c3Cl)OC2=O)cc1. The van der Waals surface area contributed by atoms with Crippen molar-refractivity contribution in [2.75, 3.05) is 0 Å². The van der Waals surface area contributed by atoms with Gasteiger partial charge in [0.2, 0.25) is 5.90 Å². The molecule has 0 atom stereocenters. The van der Waals surface area contributed by atoms with Gasteiger partial charge in [-0.3, -0.25) is 0 Å². The van der Waals surface area contributed by atoms with Gasteiger partial charge in [0.15, 0.2) is 5.70 Å². The minimum atomic E-state index is -0.479.